The lowest BCUT2D eigenvalue weighted by Gasteiger charge is -2.35. The number of aromatic hydroxyl groups is 2. The SMILES string of the molecule is Oc1cc(O)c(-c2n[nH]cc2N2CCN(Cc3ccc(Cl)cc3)CC2)cc1Cl. The molecular formula is C20H20Cl2N4O2. The standard InChI is InChI=1S/C20H20Cl2N4O2/c21-14-3-1-13(2-4-14)12-25-5-7-26(8-6-25)17-11-23-24-20(17)15-9-16(22)19(28)10-18(15)27/h1-4,9-11,27-28H,5-8,12H2,(H,23,24). The third kappa shape index (κ3) is 3.90. The zero-order valence-corrected chi connectivity index (χ0v) is 16.6. The van der Waals surface area contributed by atoms with Crippen molar-refractivity contribution in [2.75, 3.05) is 31.1 Å². The van der Waals surface area contributed by atoms with Gasteiger partial charge in [-0.1, -0.05) is 35.3 Å². The predicted octanol–water partition coefficient (Wildman–Crippen LogP) is 4.12. The molecule has 1 aliphatic rings. The minimum atomic E-state index is -0.157. The number of rotatable bonds is 4. The van der Waals surface area contributed by atoms with E-state index in [0.29, 0.717) is 11.3 Å². The van der Waals surface area contributed by atoms with E-state index >= 15 is 0 Å². The van der Waals surface area contributed by atoms with E-state index < -0.39 is 0 Å². The minimum Gasteiger partial charge on any atom is -0.507 e. The molecule has 6 nitrogen and oxygen atoms in total. The van der Waals surface area contributed by atoms with E-state index in [1.54, 1.807) is 0 Å². The quantitative estimate of drug-likeness (QED) is 0.593. The molecule has 1 fully saturated rings. The molecule has 0 saturated carbocycles. The van der Waals surface area contributed by atoms with Crippen molar-refractivity contribution in [1.82, 2.24) is 15.1 Å². The van der Waals surface area contributed by atoms with Crippen molar-refractivity contribution < 1.29 is 10.2 Å². The van der Waals surface area contributed by atoms with Crippen LogP contribution in [0.4, 0.5) is 5.69 Å². The van der Waals surface area contributed by atoms with Crippen molar-refractivity contribution in [2.45, 2.75) is 6.54 Å². The molecule has 0 radical (unpaired) electrons. The highest BCUT2D eigenvalue weighted by Gasteiger charge is 2.23. The summed E-state index contributed by atoms with van der Waals surface area (Å²) in [5.74, 6) is -0.215. The number of aromatic nitrogens is 2. The lowest BCUT2D eigenvalue weighted by atomic mass is 10.1. The van der Waals surface area contributed by atoms with Gasteiger partial charge in [0, 0.05) is 55.6 Å². The number of anilines is 1. The van der Waals surface area contributed by atoms with Crippen molar-refractivity contribution >= 4 is 28.9 Å². The first-order valence-corrected chi connectivity index (χ1v) is 9.74. The molecule has 3 aromatic rings. The largest absolute Gasteiger partial charge is 0.507 e. The Balaban J connectivity index is 1.47. The Hall–Kier alpha value is -2.41. The fourth-order valence-electron chi connectivity index (χ4n) is 3.46. The first-order valence-electron chi connectivity index (χ1n) is 8.98. The first kappa shape index (κ1) is 18.9. The number of phenols is 2. The lowest BCUT2D eigenvalue weighted by molar-refractivity contribution is 0.250. The van der Waals surface area contributed by atoms with Crippen LogP contribution in [0.15, 0.2) is 42.6 Å². The van der Waals surface area contributed by atoms with Crippen LogP contribution in [-0.4, -0.2) is 51.5 Å². The van der Waals surface area contributed by atoms with Crippen LogP contribution in [0.5, 0.6) is 11.5 Å². The van der Waals surface area contributed by atoms with Gasteiger partial charge in [-0.3, -0.25) is 10.00 Å². The second-order valence-electron chi connectivity index (χ2n) is 6.83. The number of nitrogens with one attached hydrogen (secondary N) is 1. The second-order valence-corrected chi connectivity index (χ2v) is 7.67. The molecule has 28 heavy (non-hydrogen) atoms. The number of phenolic OH excluding ortho intramolecular Hbond substituents is 2. The molecule has 0 spiro atoms. The number of aromatic amines is 1. The smallest absolute Gasteiger partial charge is 0.137 e. The highest BCUT2D eigenvalue weighted by Crippen LogP contribution is 2.40. The Bertz CT molecular complexity index is 967. The third-order valence-electron chi connectivity index (χ3n) is 4.97. The molecule has 2 heterocycles. The van der Waals surface area contributed by atoms with Crippen molar-refractivity contribution in [2.24, 2.45) is 0 Å². The van der Waals surface area contributed by atoms with Crippen LogP contribution in [0.2, 0.25) is 10.0 Å². The molecule has 3 N–H and O–H groups in total. The van der Waals surface area contributed by atoms with Crippen molar-refractivity contribution in [3.8, 4) is 22.8 Å². The molecule has 4 rings (SSSR count). The maximum absolute atomic E-state index is 10.2. The topological polar surface area (TPSA) is 75.6 Å². The van der Waals surface area contributed by atoms with Gasteiger partial charge in [0.05, 0.1) is 10.7 Å². The van der Waals surface area contributed by atoms with Gasteiger partial charge in [0.2, 0.25) is 0 Å². The zero-order chi connectivity index (χ0) is 19.7. The van der Waals surface area contributed by atoms with Gasteiger partial charge >= 0.3 is 0 Å². The van der Waals surface area contributed by atoms with Crippen LogP contribution in [0.25, 0.3) is 11.3 Å². The number of piperazine rings is 1. The molecule has 8 heteroatoms. The highest BCUT2D eigenvalue weighted by molar-refractivity contribution is 6.32. The third-order valence-corrected chi connectivity index (χ3v) is 5.53. The van der Waals surface area contributed by atoms with Gasteiger partial charge in [0.1, 0.15) is 17.2 Å². The van der Waals surface area contributed by atoms with Crippen LogP contribution in [0.3, 0.4) is 0 Å². The summed E-state index contributed by atoms with van der Waals surface area (Å²) < 4.78 is 0. The average Bonchev–Trinajstić information content (AvgIpc) is 3.17. The molecular weight excluding hydrogens is 399 g/mol. The van der Waals surface area contributed by atoms with Crippen LogP contribution in [0, 0.1) is 0 Å². The van der Waals surface area contributed by atoms with Gasteiger partial charge in [-0.25, -0.2) is 0 Å². The molecule has 0 bridgehead atoms. The molecule has 0 aliphatic carbocycles. The maximum Gasteiger partial charge on any atom is 0.137 e. The molecule has 0 amide bonds. The molecule has 0 atom stereocenters. The number of hydrogen-bond acceptors (Lipinski definition) is 5. The number of H-pyrrole nitrogens is 1. The summed E-state index contributed by atoms with van der Waals surface area (Å²) in [5.41, 5.74) is 3.25. The normalized spacial score (nSPS) is 15.1. The van der Waals surface area contributed by atoms with Crippen molar-refractivity contribution in [3.63, 3.8) is 0 Å². The number of halogens is 2. The molecule has 0 unspecified atom stereocenters. The van der Waals surface area contributed by atoms with E-state index in [0.717, 1.165) is 43.4 Å². The predicted molar refractivity (Wildman–Crippen MR) is 111 cm³/mol. The van der Waals surface area contributed by atoms with Gasteiger partial charge in [-0.05, 0) is 23.8 Å². The van der Waals surface area contributed by atoms with Gasteiger partial charge in [-0.2, -0.15) is 5.10 Å². The Kier molecular flexibility index (Phi) is 5.35. The average molecular weight is 419 g/mol. The summed E-state index contributed by atoms with van der Waals surface area (Å²) in [7, 11) is 0. The Labute approximate surface area is 172 Å². The minimum absolute atomic E-state index is 0.0587. The fourth-order valence-corrected chi connectivity index (χ4v) is 3.75. The Morgan fingerprint density at radius 3 is 2.39 bits per heavy atom. The summed E-state index contributed by atoms with van der Waals surface area (Å²) in [5, 5.41) is 28.0. The van der Waals surface area contributed by atoms with E-state index in [-0.39, 0.29) is 16.5 Å². The van der Waals surface area contributed by atoms with Gasteiger partial charge in [0.15, 0.2) is 0 Å². The van der Waals surface area contributed by atoms with Crippen LogP contribution in [-0.2, 0) is 6.54 Å². The maximum atomic E-state index is 10.2. The number of hydrogen-bond donors (Lipinski definition) is 3. The van der Waals surface area contributed by atoms with E-state index in [2.05, 4.69) is 32.1 Å². The van der Waals surface area contributed by atoms with E-state index in [1.807, 2.05) is 18.3 Å². The Morgan fingerprint density at radius 2 is 1.68 bits per heavy atom. The zero-order valence-electron chi connectivity index (χ0n) is 15.1. The first-order chi connectivity index (χ1) is 13.5. The van der Waals surface area contributed by atoms with Gasteiger partial charge in [0.25, 0.3) is 0 Å². The summed E-state index contributed by atoms with van der Waals surface area (Å²) >= 11 is 12.0. The van der Waals surface area contributed by atoms with Gasteiger partial charge in [-0.15, -0.1) is 0 Å². The Morgan fingerprint density at radius 1 is 0.964 bits per heavy atom. The van der Waals surface area contributed by atoms with Crippen molar-refractivity contribution in [1.29, 1.82) is 0 Å². The fraction of sp³-hybridized carbons (Fsp3) is 0.250. The van der Waals surface area contributed by atoms with Gasteiger partial charge < -0.3 is 15.1 Å². The molecule has 2 aromatic carbocycles. The van der Waals surface area contributed by atoms with Crippen molar-refractivity contribution in [3.05, 3.63) is 58.2 Å². The number of nitrogens with zero attached hydrogens (tertiary/aromatic N) is 3. The summed E-state index contributed by atoms with van der Waals surface area (Å²) in [6, 6.07) is 10.7. The molecule has 1 aromatic heterocycles. The van der Waals surface area contributed by atoms with Crippen LogP contribution in [0.1, 0.15) is 5.56 Å². The summed E-state index contributed by atoms with van der Waals surface area (Å²) in [6.07, 6.45) is 1.82. The summed E-state index contributed by atoms with van der Waals surface area (Å²) in [4.78, 5) is 4.63. The van der Waals surface area contributed by atoms with E-state index in [4.69, 9.17) is 23.2 Å². The van der Waals surface area contributed by atoms with Crippen LogP contribution >= 0.6 is 23.2 Å². The van der Waals surface area contributed by atoms with E-state index in [1.165, 1.54) is 17.7 Å². The summed E-state index contributed by atoms with van der Waals surface area (Å²) in [6.45, 7) is 4.39. The van der Waals surface area contributed by atoms with Crippen LogP contribution < -0.4 is 4.90 Å². The molecule has 1 saturated heterocycles. The monoisotopic (exact) mass is 418 g/mol. The van der Waals surface area contributed by atoms with E-state index in [9.17, 15) is 10.2 Å². The molecule has 146 valence electrons. The highest BCUT2D eigenvalue weighted by atomic mass is 35.5. The number of benzene rings is 2. The second kappa shape index (κ2) is 7.91. The molecule has 1 aliphatic heterocycles. The lowest BCUT2D eigenvalue weighted by Crippen LogP contribution is -2.46.